The minimum absolute atomic E-state index is 0.0121. The molecule has 0 N–H and O–H groups in total. The summed E-state index contributed by atoms with van der Waals surface area (Å²) in [5.74, 6) is 0. The van der Waals surface area contributed by atoms with Crippen LogP contribution in [0.4, 0.5) is 14.5 Å². The molecule has 0 bridgehead atoms. The van der Waals surface area contributed by atoms with Crippen LogP contribution in [-0.4, -0.2) is 9.91 Å². The topological polar surface area (TPSA) is 79.8 Å². The first-order valence-electron chi connectivity index (χ1n) is 3.95. The van der Waals surface area contributed by atoms with E-state index in [1.165, 1.54) is 0 Å². The smallest absolute Gasteiger partial charge is 0.258 e. The summed E-state index contributed by atoms with van der Waals surface area (Å²) in [6.07, 6.45) is -2.36. The summed E-state index contributed by atoms with van der Waals surface area (Å²) in [7, 11) is 0. The van der Waals surface area contributed by atoms with Crippen molar-refractivity contribution in [2.45, 2.75) is 12.8 Å². The third kappa shape index (κ3) is 2.41. The molecule has 0 aliphatic carbocycles. The number of halogens is 3. The Morgan fingerprint density at radius 3 is 2.75 bits per heavy atom. The van der Waals surface area contributed by atoms with Gasteiger partial charge >= 0.3 is 0 Å². The molecule has 0 radical (unpaired) electrons. The van der Waals surface area contributed by atoms with Crippen LogP contribution in [0, 0.1) is 25.0 Å². The van der Waals surface area contributed by atoms with Gasteiger partial charge in [-0.25, -0.2) is 8.78 Å². The summed E-state index contributed by atoms with van der Waals surface area (Å²) in [5, 5.41) is 19.1. The van der Waals surface area contributed by atoms with Gasteiger partial charge in [0.1, 0.15) is 9.13 Å². The van der Waals surface area contributed by atoms with Crippen molar-refractivity contribution in [3.8, 4) is 6.07 Å². The van der Waals surface area contributed by atoms with E-state index in [0.717, 1.165) is 6.20 Å². The third-order valence-electron chi connectivity index (χ3n) is 1.76. The van der Waals surface area contributed by atoms with E-state index in [1.807, 2.05) is 0 Å². The number of pyridine rings is 1. The zero-order chi connectivity index (χ0) is 12.3. The molecule has 8 heteroatoms. The first-order valence-corrected chi connectivity index (χ1v) is 5.03. The molecule has 1 rings (SSSR count). The maximum Gasteiger partial charge on any atom is 0.294 e. The van der Waals surface area contributed by atoms with Crippen LogP contribution in [-0.2, 0) is 6.42 Å². The average Bonchev–Trinajstić information content (AvgIpc) is 2.20. The second-order valence-corrected chi connectivity index (χ2v) is 3.79. The van der Waals surface area contributed by atoms with Crippen molar-refractivity contribution < 1.29 is 13.7 Å². The molecule has 1 heterocycles. The highest BCUT2D eigenvalue weighted by atomic mass is 127. The first kappa shape index (κ1) is 12.7. The molecule has 0 aliphatic heterocycles. The summed E-state index contributed by atoms with van der Waals surface area (Å²) >= 11 is 1.55. The maximum absolute atomic E-state index is 12.5. The van der Waals surface area contributed by atoms with E-state index in [-0.39, 0.29) is 15.7 Å². The van der Waals surface area contributed by atoms with Crippen molar-refractivity contribution >= 4 is 28.3 Å². The predicted octanol–water partition coefficient (Wildman–Crippen LogP) is 2.60. The highest BCUT2D eigenvalue weighted by Crippen LogP contribution is 2.33. The van der Waals surface area contributed by atoms with Crippen LogP contribution < -0.4 is 0 Å². The predicted molar refractivity (Wildman–Crippen MR) is 57.9 cm³/mol. The minimum Gasteiger partial charge on any atom is -0.258 e. The van der Waals surface area contributed by atoms with Gasteiger partial charge in [0, 0.05) is 6.20 Å². The van der Waals surface area contributed by atoms with E-state index in [4.69, 9.17) is 5.26 Å². The Balaban J connectivity index is 3.43. The molecule has 0 amide bonds. The van der Waals surface area contributed by atoms with Crippen LogP contribution in [0.5, 0.6) is 0 Å². The normalized spacial score (nSPS) is 10.2. The molecule has 1 aromatic heterocycles. The summed E-state index contributed by atoms with van der Waals surface area (Å²) in [5.41, 5.74) is -1.26. The Morgan fingerprint density at radius 1 is 1.69 bits per heavy atom. The largest absolute Gasteiger partial charge is 0.294 e. The Bertz CT molecular complexity index is 473. The van der Waals surface area contributed by atoms with Crippen LogP contribution in [0.1, 0.15) is 17.7 Å². The van der Waals surface area contributed by atoms with Crippen LogP contribution in [0.15, 0.2) is 6.20 Å². The second kappa shape index (κ2) is 5.11. The van der Waals surface area contributed by atoms with Gasteiger partial charge < -0.3 is 0 Å². The number of nitrogens with zero attached hydrogens (tertiary/aromatic N) is 3. The van der Waals surface area contributed by atoms with Gasteiger partial charge in [-0.3, -0.25) is 15.1 Å². The van der Waals surface area contributed by atoms with Crippen molar-refractivity contribution in [3.05, 3.63) is 31.1 Å². The molecule has 0 spiro atoms. The Morgan fingerprint density at radius 2 is 2.31 bits per heavy atom. The lowest BCUT2D eigenvalue weighted by Crippen LogP contribution is -2.04. The van der Waals surface area contributed by atoms with Crippen LogP contribution in [0.3, 0.4) is 0 Å². The molecule has 0 saturated carbocycles. The minimum atomic E-state index is -2.96. The standard InChI is InChI=1S/C8H4F2IN3O2/c9-8(10)4-3-13-5(1-2-12)6(11)7(4)14(15)16/h3,8H,1H2. The fourth-order valence-electron chi connectivity index (χ4n) is 1.07. The van der Waals surface area contributed by atoms with Gasteiger partial charge in [0.25, 0.3) is 12.1 Å². The van der Waals surface area contributed by atoms with E-state index >= 15 is 0 Å². The Labute approximate surface area is 102 Å². The monoisotopic (exact) mass is 339 g/mol. The SMILES string of the molecule is N#CCc1ncc(C(F)F)c([N+](=O)[O-])c1I. The fourth-order valence-corrected chi connectivity index (χ4v) is 1.91. The molecule has 0 fully saturated rings. The quantitative estimate of drug-likeness (QED) is 0.482. The third-order valence-corrected chi connectivity index (χ3v) is 2.89. The number of aromatic nitrogens is 1. The van der Waals surface area contributed by atoms with E-state index in [9.17, 15) is 18.9 Å². The van der Waals surface area contributed by atoms with Crippen molar-refractivity contribution in [1.29, 1.82) is 5.26 Å². The number of alkyl halides is 2. The Kier molecular flexibility index (Phi) is 4.05. The van der Waals surface area contributed by atoms with Gasteiger partial charge in [0.2, 0.25) is 0 Å². The summed E-state index contributed by atoms with van der Waals surface area (Å²) < 4.78 is 24.9. The number of hydrogen-bond acceptors (Lipinski definition) is 4. The zero-order valence-electron chi connectivity index (χ0n) is 7.65. The van der Waals surface area contributed by atoms with E-state index in [1.54, 1.807) is 28.7 Å². The number of hydrogen-bond donors (Lipinski definition) is 0. The molecule has 0 atom stereocenters. The van der Waals surface area contributed by atoms with Crippen molar-refractivity contribution in [3.63, 3.8) is 0 Å². The van der Waals surface area contributed by atoms with Crippen LogP contribution in [0.2, 0.25) is 0 Å². The van der Waals surface area contributed by atoms with Crippen molar-refractivity contribution in [2.24, 2.45) is 0 Å². The molecule has 84 valence electrons. The molecular formula is C8H4F2IN3O2. The van der Waals surface area contributed by atoms with E-state index < -0.39 is 22.6 Å². The van der Waals surface area contributed by atoms with Crippen LogP contribution in [0.25, 0.3) is 0 Å². The lowest BCUT2D eigenvalue weighted by atomic mass is 10.2. The molecule has 0 aromatic carbocycles. The Hall–Kier alpha value is -1.37. The molecule has 0 saturated heterocycles. The highest BCUT2D eigenvalue weighted by Gasteiger charge is 2.27. The summed E-state index contributed by atoms with van der Waals surface area (Å²) in [6.45, 7) is 0. The summed E-state index contributed by atoms with van der Waals surface area (Å²) in [4.78, 5) is 13.4. The van der Waals surface area contributed by atoms with Gasteiger partial charge in [-0.2, -0.15) is 5.26 Å². The van der Waals surface area contributed by atoms with E-state index in [2.05, 4.69) is 4.98 Å². The van der Waals surface area contributed by atoms with Gasteiger partial charge in [0.05, 0.1) is 23.1 Å². The zero-order valence-corrected chi connectivity index (χ0v) is 9.81. The fraction of sp³-hybridized carbons (Fsp3) is 0.250. The lowest BCUT2D eigenvalue weighted by Gasteiger charge is -2.05. The first-order chi connectivity index (χ1) is 7.49. The molecular weight excluding hydrogens is 335 g/mol. The lowest BCUT2D eigenvalue weighted by molar-refractivity contribution is -0.387. The summed E-state index contributed by atoms with van der Waals surface area (Å²) in [6, 6.07) is 1.76. The van der Waals surface area contributed by atoms with Crippen molar-refractivity contribution in [2.75, 3.05) is 0 Å². The highest BCUT2D eigenvalue weighted by molar-refractivity contribution is 14.1. The average molecular weight is 339 g/mol. The van der Waals surface area contributed by atoms with Gasteiger partial charge in [-0.15, -0.1) is 0 Å². The molecule has 16 heavy (non-hydrogen) atoms. The molecule has 0 aliphatic rings. The maximum atomic E-state index is 12.5. The molecule has 5 nitrogen and oxygen atoms in total. The van der Waals surface area contributed by atoms with Crippen LogP contribution >= 0.6 is 22.6 Å². The number of nitriles is 1. The number of nitro groups is 1. The van der Waals surface area contributed by atoms with Gasteiger partial charge in [0.15, 0.2) is 0 Å². The van der Waals surface area contributed by atoms with Gasteiger partial charge in [-0.1, -0.05) is 0 Å². The molecule has 0 unspecified atom stereocenters. The second-order valence-electron chi connectivity index (χ2n) is 2.72. The van der Waals surface area contributed by atoms with Gasteiger partial charge in [-0.05, 0) is 22.6 Å². The van der Waals surface area contributed by atoms with E-state index in [0.29, 0.717) is 0 Å². The van der Waals surface area contributed by atoms with Crippen molar-refractivity contribution in [1.82, 2.24) is 4.98 Å². The number of rotatable bonds is 3. The molecule has 1 aromatic rings.